The highest BCUT2D eigenvalue weighted by atomic mass is 16.3. The second-order valence-electron chi connectivity index (χ2n) is 3.68. The summed E-state index contributed by atoms with van der Waals surface area (Å²) in [5.74, 6) is 0.645. The number of pyridine rings is 1. The third-order valence-electron chi connectivity index (χ3n) is 2.54. The van der Waals surface area contributed by atoms with Gasteiger partial charge in [-0.1, -0.05) is 12.1 Å². The van der Waals surface area contributed by atoms with Gasteiger partial charge < -0.3 is 4.42 Å². The lowest BCUT2D eigenvalue weighted by atomic mass is 10.2. The van der Waals surface area contributed by atoms with Crippen LogP contribution in [0.3, 0.4) is 0 Å². The van der Waals surface area contributed by atoms with E-state index in [0.717, 1.165) is 22.2 Å². The highest BCUT2D eigenvalue weighted by Gasteiger charge is 2.08. The summed E-state index contributed by atoms with van der Waals surface area (Å²) in [5, 5.41) is 0. The Morgan fingerprint density at radius 1 is 1.06 bits per heavy atom. The predicted molar refractivity (Wildman–Crippen MR) is 62.0 cm³/mol. The van der Waals surface area contributed by atoms with E-state index in [1.807, 2.05) is 37.3 Å². The highest BCUT2D eigenvalue weighted by Crippen LogP contribution is 2.25. The quantitative estimate of drug-likeness (QED) is 0.619. The molecule has 3 aromatic rings. The summed E-state index contributed by atoms with van der Waals surface area (Å²) in [7, 11) is 0. The normalized spacial score (nSPS) is 10.8. The molecule has 0 saturated heterocycles. The van der Waals surface area contributed by atoms with E-state index >= 15 is 0 Å². The molecule has 3 rings (SSSR count). The van der Waals surface area contributed by atoms with Crippen molar-refractivity contribution in [3.63, 3.8) is 0 Å². The van der Waals surface area contributed by atoms with E-state index in [4.69, 9.17) is 4.42 Å². The van der Waals surface area contributed by atoms with E-state index in [0.29, 0.717) is 5.89 Å². The molecule has 0 fully saturated rings. The molecule has 2 aromatic heterocycles. The van der Waals surface area contributed by atoms with Crippen molar-refractivity contribution in [2.45, 2.75) is 6.92 Å². The number of nitrogens with zero attached hydrogens (tertiary/aromatic N) is 2. The van der Waals surface area contributed by atoms with Crippen molar-refractivity contribution in [1.82, 2.24) is 9.97 Å². The summed E-state index contributed by atoms with van der Waals surface area (Å²) in [6, 6.07) is 9.73. The molecule has 0 aliphatic heterocycles. The van der Waals surface area contributed by atoms with Crippen LogP contribution in [0.1, 0.15) is 5.56 Å². The molecule has 0 aliphatic carbocycles. The van der Waals surface area contributed by atoms with Gasteiger partial charge in [-0.2, -0.15) is 0 Å². The summed E-state index contributed by atoms with van der Waals surface area (Å²) in [5.41, 5.74) is 3.80. The minimum atomic E-state index is 0.645. The van der Waals surface area contributed by atoms with Gasteiger partial charge in [-0.3, -0.25) is 4.98 Å². The first-order chi connectivity index (χ1) is 7.84. The Hall–Kier alpha value is -2.16. The van der Waals surface area contributed by atoms with Crippen LogP contribution < -0.4 is 0 Å². The molecule has 0 amide bonds. The molecule has 1 aromatic carbocycles. The Kier molecular flexibility index (Phi) is 1.96. The number of aryl methyl sites for hydroxylation is 1. The number of aromatic nitrogens is 2. The number of rotatable bonds is 1. The zero-order valence-corrected chi connectivity index (χ0v) is 8.84. The topological polar surface area (TPSA) is 38.9 Å². The maximum absolute atomic E-state index is 5.75. The lowest BCUT2D eigenvalue weighted by Crippen LogP contribution is -1.76. The van der Waals surface area contributed by atoms with Crippen molar-refractivity contribution in [3.8, 4) is 11.5 Å². The third-order valence-corrected chi connectivity index (χ3v) is 2.54. The van der Waals surface area contributed by atoms with E-state index in [1.54, 1.807) is 12.4 Å². The Bertz CT molecular complexity index is 629. The largest absolute Gasteiger partial charge is 0.436 e. The molecule has 2 heterocycles. The lowest BCUT2D eigenvalue weighted by Gasteiger charge is -1.92. The van der Waals surface area contributed by atoms with Crippen LogP contribution in [0.5, 0.6) is 0 Å². The number of benzene rings is 1. The molecule has 0 N–H and O–H groups in total. The standard InChI is InChI=1S/C13H10N2O/c1-9-3-2-4-11-12(9)16-13(15-11)10-5-7-14-8-6-10/h2-8H,1H3. The maximum Gasteiger partial charge on any atom is 0.227 e. The van der Waals surface area contributed by atoms with E-state index in [2.05, 4.69) is 9.97 Å². The second kappa shape index (κ2) is 3.45. The first-order valence-electron chi connectivity index (χ1n) is 5.11. The molecule has 0 atom stereocenters. The van der Waals surface area contributed by atoms with Crippen LogP contribution in [0.2, 0.25) is 0 Å². The van der Waals surface area contributed by atoms with Crippen LogP contribution in [0.4, 0.5) is 0 Å². The van der Waals surface area contributed by atoms with Crippen molar-refractivity contribution in [3.05, 3.63) is 48.3 Å². The summed E-state index contributed by atoms with van der Waals surface area (Å²) in [4.78, 5) is 8.42. The number of fused-ring (bicyclic) bond motifs is 1. The molecule has 16 heavy (non-hydrogen) atoms. The van der Waals surface area contributed by atoms with E-state index in [1.165, 1.54) is 0 Å². The first-order valence-corrected chi connectivity index (χ1v) is 5.11. The van der Waals surface area contributed by atoms with Crippen molar-refractivity contribution in [1.29, 1.82) is 0 Å². The van der Waals surface area contributed by atoms with Gasteiger partial charge in [0.25, 0.3) is 0 Å². The van der Waals surface area contributed by atoms with E-state index in [-0.39, 0.29) is 0 Å². The van der Waals surface area contributed by atoms with Gasteiger partial charge in [0.1, 0.15) is 5.52 Å². The van der Waals surface area contributed by atoms with Crippen LogP contribution in [0, 0.1) is 6.92 Å². The molecule has 0 unspecified atom stereocenters. The van der Waals surface area contributed by atoms with Gasteiger partial charge in [0.15, 0.2) is 5.58 Å². The molecule has 0 bridgehead atoms. The predicted octanol–water partition coefficient (Wildman–Crippen LogP) is 3.20. The van der Waals surface area contributed by atoms with Crippen molar-refractivity contribution < 1.29 is 4.42 Å². The SMILES string of the molecule is Cc1cccc2nc(-c3ccncc3)oc12. The number of oxazole rings is 1. The average Bonchev–Trinajstić information content (AvgIpc) is 2.76. The molecular formula is C13H10N2O. The Morgan fingerprint density at radius 2 is 1.88 bits per heavy atom. The zero-order valence-electron chi connectivity index (χ0n) is 8.84. The fraction of sp³-hybridized carbons (Fsp3) is 0.0769. The Balaban J connectivity index is 2.23. The molecule has 0 aliphatic rings. The second-order valence-corrected chi connectivity index (χ2v) is 3.68. The Labute approximate surface area is 92.8 Å². The molecule has 3 heteroatoms. The van der Waals surface area contributed by atoms with Gasteiger partial charge in [0.2, 0.25) is 5.89 Å². The fourth-order valence-electron chi connectivity index (χ4n) is 1.70. The smallest absolute Gasteiger partial charge is 0.227 e. The maximum atomic E-state index is 5.75. The number of hydrogen-bond donors (Lipinski definition) is 0. The van der Waals surface area contributed by atoms with E-state index < -0.39 is 0 Å². The lowest BCUT2D eigenvalue weighted by molar-refractivity contribution is 0.617. The van der Waals surface area contributed by atoms with Crippen LogP contribution in [0.15, 0.2) is 47.1 Å². The Morgan fingerprint density at radius 3 is 2.62 bits per heavy atom. The minimum Gasteiger partial charge on any atom is -0.436 e. The third kappa shape index (κ3) is 1.37. The summed E-state index contributed by atoms with van der Waals surface area (Å²) < 4.78 is 5.75. The fourth-order valence-corrected chi connectivity index (χ4v) is 1.70. The first kappa shape index (κ1) is 9.09. The molecule has 3 nitrogen and oxygen atoms in total. The van der Waals surface area contributed by atoms with Gasteiger partial charge in [-0.05, 0) is 30.7 Å². The monoisotopic (exact) mass is 210 g/mol. The van der Waals surface area contributed by atoms with Gasteiger partial charge in [0, 0.05) is 18.0 Å². The van der Waals surface area contributed by atoms with Crippen molar-refractivity contribution >= 4 is 11.1 Å². The number of para-hydroxylation sites is 1. The average molecular weight is 210 g/mol. The summed E-state index contributed by atoms with van der Waals surface area (Å²) >= 11 is 0. The van der Waals surface area contributed by atoms with Gasteiger partial charge >= 0.3 is 0 Å². The van der Waals surface area contributed by atoms with Crippen LogP contribution in [-0.4, -0.2) is 9.97 Å². The summed E-state index contributed by atoms with van der Waals surface area (Å²) in [6.45, 7) is 2.02. The van der Waals surface area contributed by atoms with Gasteiger partial charge in [0.05, 0.1) is 0 Å². The molecule has 0 saturated carbocycles. The van der Waals surface area contributed by atoms with Gasteiger partial charge in [-0.25, -0.2) is 4.98 Å². The molecule has 78 valence electrons. The summed E-state index contributed by atoms with van der Waals surface area (Å²) in [6.07, 6.45) is 3.47. The molecule has 0 spiro atoms. The minimum absolute atomic E-state index is 0.645. The van der Waals surface area contributed by atoms with Crippen LogP contribution >= 0.6 is 0 Å². The van der Waals surface area contributed by atoms with Crippen molar-refractivity contribution in [2.24, 2.45) is 0 Å². The van der Waals surface area contributed by atoms with Crippen LogP contribution in [0.25, 0.3) is 22.6 Å². The number of hydrogen-bond acceptors (Lipinski definition) is 3. The van der Waals surface area contributed by atoms with Crippen molar-refractivity contribution in [2.75, 3.05) is 0 Å². The zero-order chi connectivity index (χ0) is 11.0. The van der Waals surface area contributed by atoms with Crippen LogP contribution in [-0.2, 0) is 0 Å². The van der Waals surface area contributed by atoms with E-state index in [9.17, 15) is 0 Å². The molecule has 0 radical (unpaired) electrons. The highest BCUT2D eigenvalue weighted by molar-refractivity contribution is 5.78. The molecular weight excluding hydrogens is 200 g/mol. The van der Waals surface area contributed by atoms with Gasteiger partial charge in [-0.15, -0.1) is 0 Å².